The predicted octanol–water partition coefficient (Wildman–Crippen LogP) is 10.6. The molecule has 0 fully saturated rings. The highest BCUT2D eigenvalue weighted by Gasteiger charge is 2.35. The fraction of sp³-hybridized carbons (Fsp3) is 0.267. The number of H-pyrrole nitrogens is 1. The molecule has 0 saturated carbocycles. The number of carbonyl (C=O) groups is 2. The van der Waals surface area contributed by atoms with Gasteiger partial charge in [-0.25, -0.2) is 34.5 Å². The molecule has 0 aliphatic rings. The number of hydrazine groups is 1. The third-order valence-electron chi connectivity index (χ3n) is 9.24. The van der Waals surface area contributed by atoms with Crippen LogP contribution < -0.4 is 30.1 Å². The molecule has 17 heteroatoms. The van der Waals surface area contributed by atoms with E-state index in [1.54, 1.807) is 30.7 Å². The topological polar surface area (TPSA) is 177 Å². The monoisotopic (exact) mass is 870 g/mol. The first-order chi connectivity index (χ1) is 29.9. The minimum absolute atomic E-state index is 0.181. The highest BCUT2D eigenvalue weighted by molar-refractivity contribution is 7.16. The van der Waals surface area contributed by atoms with Gasteiger partial charge in [-0.1, -0.05) is 74.6 Å². The Morgan fingerprint density at radius 3 is 1.87 bits per heavy atom. The first-order valence-electron chi connectivity index (χ1n) is 20.2. The third-order valence-corrected chi connectivity index (χ3v) is 11.2. The molecule has 0 saturated heterocycles. The summed E-state index contributed by atoms with van der Waals surface area (Å²) in [6.45, 7) is 13.0. The van der Waals surface area contributed by atoms with E-state index in [2.05, 4.69) is 30.6 Å². The second-order valence-corrected chi connectivity index (χ2v) is 17.8. The van der Waals surface area contributed by atoms with E-state index >= 15 is 9.59 Å². The standard InChI is InChI=1S/C45H46N10O5S2/c1-26(2)24-58-37-18-28(5)13-15-33(37)51-42(56)54(44-47-22-30(61-44)20-39-49-35-11-9-17-46-41(35)53-39)55(43(57)52-34-16-14-29(6)19-38(34)59-25-27(3)4)45-48-23-31(62-45)21-40-50-32-10-7-8-12-36(32)60-40/h7-19,22-23,26-27H,20-21,24-25H2,1-6H3,(H,51,56)(H,52,57)(H,46,49,53). The van der Waals surface area contributed by atoms with Crippen LogP contribution in [0.3, 0.4) is 0 Å². The Balaban J connectivity index is 1.21. The van der Waals surface area contributed by atoms with Crippen LogP contribution in [-0.4, -0.2) is 55.2 Å². The number of anilines is 4. The summed E-state index contributed by atoms with van der Waals surface area (Å²) in [4.78, 5) is 58.0. The van der Waals surface area contributed by atoms with Crippen LogP contribution in [0.2, 0.25) is 0 Å². The van der Waals surface area contributed by atoms with Crippen molar-refractivity contribution in [2.45, 2.75) is 54.4 Å². The maximum atomic E-state index is 15.0. The van der Waals surface area contributed by atoms with E-state index in [0.717, 1.165) is 31.9 Å². The lowest BCUT2D eigenvalue weighted by Gasteiger charge is -2.31. The van der Waals surface area contributed by atoms with Crippen molar-refractivity contribution in [1.29, 1.82) is 0 Å². The van der Waals surface area contributed by atoms with Gasteiger partial charge in [0.15, 0.2) is 11.2 Å². The molecule has 4 amide bonds. The molecule has 62 heavy (non-hydrogen) atoms. The summed E-state index contributed by atoms with van der Waals surface area (Å²) >= 11 is 2.44. The van der Waals surface area contributed by atoms with Gasteiger partial charge in [-0.3, -0.25) is 0 Å². The number of amides is 4. The first-order valence-corrected chi connectivity index (χ1v) is 21.8. The van der Waals surface area contributed by atoms with Gasteiger partial charge in [0.1, 0.15) is 22.8 Å². The Labute approximate surface area is 366 Å². The molecule has 0 aliphatic heterocycles. The first kappa shape index (κ1) is 41.9. The van der Waals surface area contributed by atoms with Crippen molar-refractivity contribution in [3.8, 4) is 11.5 Å². The molecule has 3 aromatic carbocycles. The van der Waals surface area contributed by atoms with Crippen LogP contribution in [0.4, 0.5) is 31.2 Å². The van der Waals surface area contributed by atoms with Crippen molar-refractivity contribution in [1.82, 2.24) is 29.9 Å². The highest BCUT2D eigenvalue weighted by atomic mass is 32.1. The largest absolute Gasteiger partial charge is 0.491 e. The average Bonchev–Trinajstić information content (AvgIpc) is 4.07. The lowest BCUT2D eigenvalue weighted by molar-refractivity contribution is 0.247. The number of benzene rings is 3. The summed E-state index contributed by atoms with van der Waals surface area (Å²) < 4.78 is 18.4. The Morgan fingerprint density at radius 1 is 0.726 bits per heavy atom. The number of aryl methyl sites for hydroxylation is 2. The number of nitrogens with one attached hydrogen (secondary N) is 3. The van der Waals surface area contributed by atoms with Gasteiger partial charge in [0, 0.05) is 34.8 Å². The number of nitrogens with zero attached hydrogens (tertiary/aromatic N) is 7. The zero-order valence-corrected chi connectivity index (χ0v) is 36.8. The average molecular weight is 871 g/mol. The van der Waals surface area contributed by atoms with Gasteiger partial charge in [-0.2, -0.15) is 10.0 Å². The zero-order valence-electron chi connectivity index (χ0n) is 35.1. The van der Waals surface area contributed by atoms with Crippen LogP contribution in [-0.2, 0) is 12.8 Å². The Kier molecular flexibility index (Phi) is 12.4. The summed E-state index contributed by atoms with van der Waals surface area (Å²) in [5.41, 5.74) is 5.52. The van der Waals surface area contributed by atoms with E-state index in [1.807, 2.05) is 102 Å². The van der Waals surface area contributed by atoms with Crippen LogP contribution in [0.5, 0.6) is 11.5 Å². The van der Waals surface area contributed by atoms with Gasteiger partial charge in [0.2, 0.25) is 16.2 Å². The van der Waals surface area contributed by atoms with Gasteiger partial charge in [-0.15, -0.1) is 0 Å². The van der Waals surface area contributed by atoms with Crippen molar-refractivity contribution < 1.29 is 23.5 Å². The molecule has 5 aromatic heterocycles. The number of carbonyl (C=O) groups excluding carboxylic acids is 2. The summed E-state index contributed by atoms with van der Waals surface area (Å²) in [6, 6.07) is 20.9. The number of pyridine rings is 1. The van der Waals surface area contributed by atoms with Crippen molar-refractivity contribution in [2.24, 2.45) is 11.8 Å². The van der Waals surface area contributed by atoms with Crippen LogP contribution >= 0.6 is 22.7 Å². The van der Waals surface area contributed by atoms with Gasteiger partial charge < -0.3 is 29.5 Å². The number of para-hydroxylation sites is 2. The number of hydrogen-bond acceptors (Lipinski definition) is 12. The van der Waals surface area contributed by atoms with E-state index in [9.17, 15) is 0 Å². The summed E-state index contributed by atoms with van der Waals surface area (Å²) in [6.07, 6.45) is 5.67. The number of hydrogen-bond donors (Lipinski definition) is 3. The second kappa shape index (κ2) is 18.4. The molecule has 8 aromatic rings. The van der Waals surface area contributed by atoms with Crippen LogP contribution in [0.1, 0.15) is 60.3 Å². The van der Waals surface area contributed by atoms with Crippen molar-refractivity contribution >= 4 is 78.6 Å². The molecule has 0 bridgehead atoms. The van der Waals surface area contributed by atoms with Crippen LogP contribution in [0, 0.1) is 25.7 Å². The van der Waals surface area contributed by atoms with Crippen molar-refractivity contribution in [3.63, 3.8) is 0 Å². The molecule has 0 radical (unpaired) electrons. The molecule has 0 aliphatic carbocycles. The van der Waals surface area contributed by atoms with Gasteiger partial charge in [0.25, 0.3) is 0 Å². The number of thiazole rings is 2. The Morgan fingerprint density at radius 2 is 1.31 bits per heavy atom. The Hall–Kier alpha value is -6.85. The third kappa shape index (κ3) is 9.85. The maximum absolute atomic E-state index is 15.0. The van der Waals surface area contributed by atoms with Crippen molar-refractivity contribution in [2.75, 3.05) is 33.9 Å². The molecule has 8 rings (SSSR count). The maximum Gasteiger partial charge on any atom is 0.348 e. The smallest absolute Gasteiger partial charge is 0.348 e. The molecule has 0 spiro atoms. The predicted molar refractivity (Wildman–Crippen MR) is 244 cm³/mol. The van der Waals surface area contributed by atoms with Crippen molar-refractivity contribution in [3.05, 3.63) is 124 Å². The van der Waals surface area contributed by atoms with Crippen LogP contribution in [0.25, 0.3) is 22.3 Å². The minimum atomic E-state index is -0.693. The van der Waals surface area contributed by atoms with Crippen LogP contribution in [0.15, 0.2) is 95.8 Å². The molecule has 0 atom stereocenters. The number of fused-ring (bicyclic) bond motifs is 2. The second-order valence-electron chi connectivity index (χ2n) is 15.6. The number of imidazole rings is 1. The highest BCUT2D eigenvalue weighted by Crippen LogP contribution is 2.35. The fourth-order valence-electron chi connectivity index (χ4n) is 6.32. The molecular weight excluding hydrogens is 825 g/mol. The van der Waals surface area contributed by atoms with Gasteiger partial charge in [-0.05, 0) is 85.3 Å². The number of aromatic amines is 1. The van der Waals surface area contributed by atoms with E-state index in [4.69, 9.17) is 23.9 Å². The number of ether oxygens (including phenoxy) is 2. The molecule has 318 valence electrons. The van der Waals surface area contributed by atoms with Gasteiger partial charge in [0.05, 0.1) is 36.5 Å². The van der Waals surface area contributed by atoms with Gasteiger partial charge >= 0.3 is 12.1 Å². The molecule has 5 heterocycles. The molecular formula is C45H46N10O5S2. The molecule has 0 unspecified atom stereocenters. The summed E-state index contributed by atoms with van der Waals surface area (Å²) in [7, 11) is 0. The lowest BCUT2D eigenvalue weighted by Crippen LogP contribution is -2.54. The number of rotatable bonds is 14. The van der Waals surface area contributed by atoms with E-state index in [-0.39, 0.29) is 22.1 Å². The number of aromatic nitrogens is 6. The quantitative estimate of drug-likeness (QED) is 0.0891. The summed E-state index contributed by atoms with van der Waals surface area (Å²) in [5, 5.41) is 8.81. The lowest BCUT2D eigenvalue weighted by atomic mass is 10.2. The number of oxazole rings is 1. The zero-order chi connectivity index (χ0) is 43.3. The fourth-order valence-corrected chi connectivity index (χ4v) is 8.12. The van der Waals surface area contributed by atoms with E-state index < -0.39 is 12.1 Å². The summed E-state index contributed by atoms with van der Waals surface area (Å²) in [5.74, 6) is 2.59. The molecule has 3 N–H and O–H groups in total. The number of urea groups is 2. The normalized spacial score (nSPS) is 11.4. The SMILES string of the molecule is Cc1ccc(NC(=O)N(c2ncc(Cc3nc4ncccc4[nH]3)s2)N(C(=O)Nc2ccc(C)cc2OCC(C)C)c2ncc(Cc3nc4ccccc4o3)s2)c(OCC(C)C)c1. The Bertz CT molecular complexity index is 2590. The minimum Gasteiger partial charge on any atom is -0.491 e. The molecule has 15 nitrogen and oxygen atoms in total. The van der Waals surface area contributed by atoms with E-state index in [0.29, 0.717) is 71.9 Å². The van der Waals surface area contributed by atoms with E-state index in [1.165, 1.54) is 32.7 Å².